The SMILES string of the molecule is CCCC/C=C\CCCCCCCC(=O)OC(COC(=O)CCCCCCCCCCCC)COC(=O)CCCCCCCCCCCCCC/C=C\C/C=C\C/C=C\CCCCCCC. The van der Waals surface area contributed by atoms with Crippen molar-refractivity contribution in [1.29, 1.82) is 0 Å². The summed E-state index contributed by atoms with van der Waals surface area (Å²) in [5.74, 6) is -0.878. The van der Waals surface area contributed by atoms with E-state index in [1.54, 1.807) is 0 Å². The van der Waals surface area contributed by atoms with Crippen LogP contribution >= 0.6 is 0 Å². The Labute approximate surface area is 409 Å². The fourth-order valence-corrected chi connectivity index (χ4v) is 8.20. The van der Waals surface area contributed by atoms with E-state index in [9.17, 15) is 14.4 Å². The normalized spacial score (nSPS) is 12.3. The van der Waals surface area contributed by atoms with Crippen LogP contribution in [0, 0.1) is 0 Å². The highest BCUT2D eigenvalue weighted by Crippen LogP contribution is 2.16. The maximum atomic E-state index is 12.8. The minimum absolute atomic E-state index is 0.0741. The molecule has 0 aliphatic rings. The predicted octanol–water partition coefficient (Wildman–Crippen LogP) is 19.0. The topological polar surface area (TPSA) is 78.9 Å². The molecule has 384 valence electrons. The Kier molecular flexibility index (Phi) is 52.8. The van der Waals surface area contributed by atoms with Gasteiger partial charge in [-0.15, -0.1) is 0 Å². The quantitative estimate of drug-likeness (QED) is 0.0262. The number of allylic oxidation sites excluding steroid dienone is 8. The van der Waals surface area contributed by atoms with Crippen molar-refractivity contribution < 1.29 is 28.6 Å². The Bertz CT molecular complexity index is 1150. The maximum absolute atomic E-state index is 12.8. The first-order chi connectivity index (χ1) is 32.5. The second-order valence-corrected chi connectivity index (χ2v) is 19.2. The summed E-state index contributed by atoms with van der Waals surface area (Å²) < 4.78 is 16.8. The van der Waals surface area contributed by atoms with Gasteiger partial charge in [0, 0.05) is 19.3 Å². The molecule has 66 heavy (non-hydrogen) atoms. The average molecular weight is 926 g/mol. The maximum Gasteiger partial charge on any atom is 0.306 e. The molecule has 6 heteroatoms. The van der Waals surface area contributed by atoms with Gasteiger partial charge in [-0.05, 0) is 77.0 Å². The van der Waals surface area contributed by atoms with E-state index >= 15 is 0 Å². The third-order valence-corrected chi connectivity index (χ3v) is 12.6. The van der Waals surface area contributed by atoms with Crippen LogP contribution in [-0.2, 0) is 28.6 Å². The molecule has 0 aromatic heterocycles. The fourth-order valence-electron chi connectivity index (χ4n) is 8.20. The van der Waals surface area contributed by atoms with E-state index in [2.05, 4.69) is 69.4 Å². The van der Waals surface area contributed by atoms with Crippen molar-refractivity contribution in [2.24, 2.45) is 0 Å². The van der Waals surface area contributed by atoms with Crippen LogP contribution in [0.1, 0.15) is 297 Å². The third kappa shape index (κ3) is 52.3. The van der Waals surface area contributed by atoms with Crippen LogP contribution in [0.4, 0.5) is 0 Å². The zero-order valence-electron chi connectivity index (χ0n) is 44.0. The predicted molar refractivity (Wildman–Crippen MR) is 284 cm³/mol. The van der Waals surface area contributed by atoms with Crippen molar-refractivity contribution in [3.05, 3.63) is 48.6 Å². The van der Waals surface area contributed by atoms with Gasteiger partial charge in [-0.1, -0.05) is 249 Å². The molecule has 0 saturated carbocycles. The van der Waals surface area contributed by atoms with Crippen molar-refractivity contribution in [3.63, 3.8) is 0 Å². The highest BCUT2D eigenvalue weighted by Gasteiger charge is 2.19. The summed E-state index contributed by atoms with van der Waals surface area (Å²) in [4.78, 5) is 37.9. The lowest BCUT2D eigenvalue weighted by Crippen LogP contribution is -2.30. The zero-order chi connectivity index (χ0) is 47.9. The first-order valence-corrected chi connectivity index (χ1v) is 28.6. The molecule has 0 fully saturated rings. The molecule has 1 atom stereocenters. The van der Waals surface area contributed by atoms with Crippen LogP contribution < -0.4 is 0 Å². The summed E-state index contributed by atoms with van der Waals surface area (Å²) in [7, 11) is 0. The summed E-state index contributed by atoms with van der Waals surface area (Å²) in [5, 5.41) is 0. The van der Waals surface area contributed by atoms with Gasteiger partial charge in [0.05, 0.1) is 0 Å². The van der Waals surface area contributed by atoms with Crippen molar-refractivity contribution in [1.82, 2.24) is 0 Å². The standard InChI is InChI=1S/C60H108O6/c1-4-7-10-13-16-19-22-23-24-25-26-27-28-29-30-31-32-33-34-35-36-37-39-41-44-47-50-53-59(62)65-56-57(55-64-58(61)52-49-46-43-40-21-18-15-12-9-6-3)66-60(63)54-51-48-45-42-38-20-17-14-11-8-5-2/h14,17,22-23,25-26,28-29,57H,4-13,15-16,18-21,24,27,30-56H2,1-3H3/b17-14-,23-22-,26-25-,29-28-. The van der Waals surface area contributed by atoms with Gasteiger partial charge in [-0.3, -0.25) is 14.4 Å². The first-order valence-electron chi connectivity index (χ1n) is 28.6. The second kappa shape index (κ2) is 55.0. The minimum atomic E-state index is -0.773. The van der Waals surface area contributed by atoms with E-state index in [0.29, 0.717) is 19.3 Å². The summed E-state index contributed by atoms with van der Waals surface area (Å²) >= 11 is 0. The molecular formula is C60H108O6. The fraction of sp³-hybridized carbons (Fsp3) is 0.817. The summed E-state index contributed by atoms with van der Waals surface area (Å²) in [5.41, 5.74) is 0. The Morgan fingerprint density at radius 2 is 0.561 bits per heavy atom. The molecule has 6 nitrogen and oxygen atoms in total. The monoisotopic (exact) mass is 925 g/mol. The Morgan fingerprint density at radius 1 is 0.303 bits per heavy atom. The third-order valence-electron chi connectivity index (χ3n) is 12.6. The van der Waals surface area contributed by atoms with E-state index in [0.717, 1.165) is 83.5 Å². The highest BCUT2D eigenvalue weighted by atomic mass is 16.6. The average Bonchev–Trinajstić information content (AvgIpc) is 3.31. The molecule has 0 heterocycles. The van der Waals surface area contributed by atoms with Crippen LogP contribution in [0.3, 0.4) is 0 Å². The zero-order valence-corrected chi connectivity index (χ0v) is 44.0. The van der Waals surface area contributed by atoms with Gasteiger partial charge in [-0.2, -0.15) is 0 Å². The van der Waals surface area contributed by atoms with E-state index in [4.69, 9.17) is 14.2 Å². The summed E-state index contributed by atoms with van der Waals surface area (Å²) in [6, 6.07) is 0. The molecule has 0 aromatic rings. The summed E-state index contributed by atoms with van der Waals surface area (Å²) in [6.07, 6.45) is 66.9. The Balaban J connectivity index is 4.14. The van der Waals surface area contributed by atoms with Crippen LogP contribution in [0.25, 0.3) is 0 Å². The number of carbonyl (C=O) groups excluding carboxylic acids is 3. The van der Waals surface area contributed by atoms with Crippen LogP contribution in [0.2, 0.25) is 0 Å². The van der Waals surface area contributed by atoms with Crippen molar-refractivity contribution in [3.8, 4) is 0 Å². The molecule has 0 aliphatic carbocycles. The number of ether oxygens (including phenoxy) is 3. The van der Waals surface area contributed by atoms with Gasteiger partial charge in [0.25, 0.3) is 0 Å². The van der Waals surface area contributed by atoms with Gasteiger partial charge in [0.1, 0.15) is 13.2 Å². The van der Waals surface area contributed by atoms with E-state index < -0.39 is 6.10 Å². The molecule has 0 aromatic carbocycles. The smallest absolute Gasteiger partial charge is 0.306 e. The van der Waals surface area contributed by atoms with Gasteiger partial charge < -0.3 is 14.2 Å². The lowest BCUT2D eigenvalue weighted by atomic mass is 10.0. The number of rotatable bonds is 52. The van der Waals surface area contributed by atoms with Gasteiger partial charge >= 0.3 is 17.9 Å². The molecule has 0 aliphatic heterocycles. The summed E-state index contributed by atoms with van der Waals surface area (Å²) in [6.45, 7) is 6.59. The van der Waals surface area contributed by atoms with Crippen LogP contribution in [0.15, 0.2) is 48.6 Å². The van der Waals surface area contributed by atoms with Gasteiger partial charge in [0.15, 0.2) is 6.10 Å². The number of esters is 3. The van der Waals surface area contributed by atoms with E-state index in [1.807, 2.05) is 0 Å². The van der Waals surface area contributed by atoms with Crippen molar-refractivity contribution >= 4 is 17.9 Å². The minimum Gasteiger partial charge on any atom is -0.462 e. The highest BCUT2D eigenvalue weighted by molar-refractivity contribution is 5.71. The second-order valence-electron chi connectivity index (χ2n) is 19.2. The molecular weight excluding hydrogens is 817 g/mol. The van der Waals surface area contributed by atoms with Crippen molar-refractivity contribution in [2.45, 2.75) is 303 Å². The molecule has 0 radical (unpaired) electrons. The molecule has 0 saturated heterocycles. The molecule has 1 unspecified atom stereocenters. The molecule has 0 bridgehead atoms. The lowest BCUT2D eigenvalue weighted by molar-refractivity contribution is -0.167. The van der Waals surface area contributed by atoms with Gasteiger partial charge in [-0.25, -0.2) is 0 Å². The molecule has 0 N–H and O–H groups in total. The molecule has 0 amide bonds. The van der Waals surface area contributed by atoms with Crippen LogP contribution in [0.5, 0.6) is 0 Å². The number of hydrogen-bond donors (Lipinski definition) is 0. The largest absolute Gasteiger partial charge is 0.462 e. The molecule has 0 spiro atoms. The van der Waals surface area contributed by atoms with E-state index in [-0.39, 0.29) is 31.1 Å². The number of hydrogen-bond acceptors (Lipinski definition) is 6. The lowest BCUT2D eigenvalue weighted by Gasteiger charge is -2.18. The van der Waals surface area contributed by atoms with E-state index in [1.165, 1.54) is 173 Å². The first kappa shape index (κ1) is 63.4. The Hall–Kier alpha value is -2.63. The molecule has 0 rings (SSSR count). The number of unbranched alkanes of at least 4 members (excludes halogenated alkanes) is 33. The Morgan fingerprint density at radius 3 is 0.909 bits per heavy atom. The van der Waals surface area contributed by atoms with Crippen LogP contribution in [-0.4, -0.2) is 37.2 Å². The van der Waals surface area contributed by atoms with Gasteiger partial charge in [0.2, 0.25) is 0 Å². The number of carbonyl (C=O) groups is 3. The van der Waals surface area contributed by atoms with Crippen molar-refractivity contribution in [2.75, 3.05) is 13.2 Å².